The second kappa shape index (κ2) is 6.71. The summed E-state index contributed by atoms with van der Waals surface area (Å²) in [5.74, 6) is -1.10. The molecule has 2 N–H and O–H groups in total. The number of hydrogen-bond acceptors (Lipinski definition) is 6. The monoisotopic (exact) mass is 382 g/mol. The highest BCUT2D eigenvalue weighted by Gasteiger charge is 2.61. The number of esters is 1. The molecule has 5 rings (SSSR count). The first-order valence-electron chi connectivity index (χ1n) is 10.1. The van der Waals surface area contributed by atoms with E-state index >= 15 is 0 Å². The van der Waals surface area contributed by atoms with Crippen LogP contribution in [0.15, 0.2) is 0 Å². The van der Waals surface area contributed by atoms with Gasteiger partial charge in [-0.15, -0.1) is 0 Å². The van der Waals surface area contributed by atoms with E-state index in [1.807, 2.05) is 0 Å². The fraction of sp³-hybridized carbons (Fsp3) is 0.900. The minimum absolute atomic E-state index is 0.0100. The third-order valence-electron chi connectivity index (χ3n) is 6.96. The number of carboxylic acid groups (broad SMARTS) is 1. The summed E-state index contributed by atoms with van der Waals surface area (Å²) >= 11 is 0. The van der Waals surface area contributed by atoms with E-state index in [4.69, 9.17) is 19.3 Å². The molecular formula is C20H30O7. The standard InChI is InChI=1S/C20H30O7/c1-18(3-2-16(21)22)26-10-15(11-27-18)9-25-17(23)19-5-13-4-14(6-19)8-20(24,7-13)12-19/h13-15,24H,2-12H2,1H3,(H,21,22). The van der Waals surface area contributed by atoms with Crippen LogP contribution in [0.4, 0.5) is 0 Å². The second-order valence-corrected chi connectivity index (χ2v) is 9.58. The Morgan fingerprint density at radius 2 is 1.74 bits per heavy atom. The molecule has 7 heteroatoms. The molecule has 0 aromatic carbocycles. The molecule has 1 heterocycles. The van der Waals surface area contributed by atoms with Crippen LogP contribution in [0.3, 0.4) is 0 Å². The van der Waals surface area contributed by atoms with Crippen molar-refractivity contribution in [1.82, 2.24) is 0 Å². The van der Waals surface area contributed by atoms with Gasteiger partial charge in [0.05, 0.1) is 37.3 Å². The van der Waals surface area contributed by atoms with E-state index in [1.54, 1.807) is 6.92 Å². The maximum Gasteiger partial charge on any atom is 0.312 e. The minimum Gasteiger partial charge on any atom is -0.481 e. The molecule has 0 radical (unpaired) electrons. The van der Waals surface area contributed by atoms with E-state index < -0.39 is 22.8 Å². The third kappa shape index (κ3) is 3.87. The predicted octanol–water partition coefficient (Wildman–Crippen LogP) is 2.10. The molecule has 2 atom stereocenters. The van der Waals surface area contributed by atoms with Crippen LogP contribution in [0, 0.1) is 23.2 Å². The van der Waals surface area contributed by atoms with Crippen molar-refractivity contribution in [3.05, 3.63) is 0 Å². The molecule has 5 aliphatic rings. The van der Waals surface area contributed by atoms with Gasteiger partial charge >= 0.3 is 11.9 Å². The zero-order valence-corrected chi connectivity index (χ0v) is 15.9. The number of rotatable bonds is 6. The number of aliphatic carboxylic acids is 1. The number of carbonyl (C=O) groups is 2. The van der Waals surface area contributed by atoms with Gasteiger partial charge in [-0.3, -0.25) is 9.59 Å². The van der Waals surface area contributed by atoms with E-state index in [1.165, 1.54) is 0 Å². The maximum atomic E-state index is 12.9. The van der Waals surface area contributed by atoms with E-state index in [0.29, 0.717) is 37.9 Å². The zero-order chi connectivity index (χ0) is 19.3. The average Bonchev–Trinajstić information content (AvgIpc) is 2.57. The summed E-state index contributed by atoms with van der Waals surface area (Å²) in [5, 5.41) is 19.6. The fourth-order valence-electron chi connectivity index (χ4n) is 6.05. The molecule has 7 nitrogen and oxygen atoms in total. The summed E-state index contributed by atoms with van der Waals surface area (Å²) in [7, 11) is 0. The normalized spacial score (nSPS) is 45.6. The van der Waals surface area contributed by atoms with Crippen LogP contribution in [-0.2, 0) is 23.8 Å². The Labute approximate surface area is 159 Å². The van der Waals surface area contributed by atoms with Gasteiger partial charge in [-0.05, 0) is 57.3 Å². The Balaban J connectivity index is 1.28. The molecule has 1 saturated heterocycles. The molecule has 5 fully saturated rings. The summed E-state index contributed by atoms with van der Waals surface area (Å²) in [6.45, 7) is 2.74. The Kier molecular flexibility index (Phi) is 4.76. The minimum atomic E-state index is -0.887. The van der Waals surface area contributed by atoms with Crippen LogP contribution < -0.4 is 0 Å². The molecule has 4 aliphatic carbocycles. The van der Waals surface area contributed by atoms with Gasteiger partial charge in [0, 0.05) is 12.3 Å². The Hall–Kier alpha value is -1.18. The van der Waals surface area contributed by atoms with E-state index in [0.717, 1.165) is 32.1 Å². The lowest BCUT2D eigenvalue weighted by atomic mass is 9.48. The molecule has 4 saturated carbocycles. The van der Waals surface area contributed by atoms with Crippen molar-refractivity contribution < 1.29 is 34.0 Å². The zero-order valence-electron chi connectivity index (χ0n) is 15.9. The lowest BCUT2D eigenvalue weighted by Gasteiger charge is -2.58. The maximum absolute atomic E-state index is 12.9. The SMILES string of the molecule is CC1(CCC(=O)O)OCC(COC(=O)C23CC4CC(CC(O)(C4)C2)C3)CO1. The van der Waals surface area contributed by atoms with Crippen molar-refractivity contribution >= 4 is 11.9 Å². The van der Waals surface area contributed by atoms with Gasteiger partial charge in [-0.1, -0.05) is 0 Å². The van der Waals surface area contributed by atoms with Gasteiger partial charge in [0.15, 0.2) is 5.79 Å². The summed E-state index contributed by atoms with van der Waals surface area (Å²) in [5.41, 5.74) is -1.18. The van der Waals surface area contributed by atoms with Crippen LogP contribution >= 0.6 is 0 Å². The summed E-state index contributed by atoms with van der Waals surface area (Å²) in [6, 6.07) is 0. The van der Waals surface area contributed by atoms with Crippen LogP contribution in [0.25, 0.3) is 0 Å². The van der Waals surface area contributed by atoms with Crippen molar-refractivity contribution in [1.29, 1.82) is 0 Å². The number of hydrogen-bond donors (Lipinski definition) is 2. The summed E-state index contributed by atoms with van der Waals surface area (Å²) < 4.78 is 17.1. The summed E-state index contributed by atoms with van der Waals surface area (Å²) in [4.78, 5) is 23.6. The summed E-state index contributed by atoms with van der Waals surface area (Å²) in [6.07, 6.45) is 5.30. The molecule has 1 aliphatic heterocycles. The largest absolute Gasteiger partial charge is 0.481 e. The van der Waals surface area contributed by atoms with Crippen molar-refractivity contribution in [2.24, 2.45) is 23.2 Å². The Bertz CT molecular complexity index is 593. The number of carbonyl (C=O) groups excluding carboxylic acids is 1. The number of carboxylic acids is 1. The second-order valence-electron chi connectivity index (χ2n) is 9.58. The first kappa shape index (κ1) is 19.2. The number of ether oxygens (including phenoxy) is 3. The topological polar surface area (TPSA) is 102 Å². The fourth-order valence-corrected chi connectivity index (χ4v) is 6.05. The molecule has 2 unspecified atom stereocenters. The van der Waals surface area contributed by atoms with Crippen LogP contribution in [0.2, 0.25) is 0 Å². The molecule has 0 aromatic rings. The highest BCUT2D eigenvalue weighted by molar-refractivity contribution is 5.77. The molecule has 0 aromatic heterocycles. The Morgan fingerprint density at radius 3 is 2.30 bits per heavy atom. The van der Waals surface area contributed by atoms with Gasteiger partial charge in [-0.2, -0.15) is 0 Å². The molecule has 0 amide bonds. The van der Waals surface area contributed by atoms with Crippen LogP contribution in [0.5, 0.6) is 0 Å². The van der Waals surface area contributed by atoms with E-state index in [-0.39, 0.29) is 24.9 Å². The van der Waals surface area contributed by atoms with Crippen molar-refractivity contribution in [2.45, 2.75) is 69.7 Å². The highest BCUT2D eigenvalue weighted by atomic mass is 16.7. The van der Waals surface area contributed by atoms with Gasteiger partial charge in [0.1, 0.15) is 0 Å². The number of aliphatic hydroxyl groups is 1. The van der Waals surface area contributed by atoms with Crippen molar-refractivity contribution in [2.75, 3.05) is 19.8 Å². The third-order valence-corrected chi connectivity index (χ3v) is 6.96. The van der Waals surface area contributed by atoms with Gasteiger partial charge in [-0.25, -0.2) is 0 Å². The smallest absolute Gasteiger partial charge is 0.312 e. The van der Waals surface area contributed by atoms with Gasteiger partial charge in [0.2, 0.25) is 0 Å². The Morgan fingerprint density at radius 1 is 1.11 bits per heavy atom. The van der Waals surface area contributed by atoms with Gasteiger partial charge in [0.25, 0.3) is 0 Å². The lowest BCUT2D eigenvalue weighted by molar-refractivity contribution is -0.280. The molecule has 4 bridgehead atoms. The first-order valence-corrected chi connectivity index (χ1v) is 10.1. The van der Waals surface area contributed by atoms with E-state index in [9.17, 15) is 14.7 Å². The molecular weight excluding hydrogens is 352 g/mol. The lowest BCUT2D eigenvalue weighted by Crippen LogP contribution is -2.58. The highest BCUT2D eigenvalue weighted by Crippen LogP contribution is 2.62. The first-order chi connectivity index (χ1) is 12.7. The molecule has 152 valence electrons. The van der Waals surface area contributed by atoms with Gasteiger partial charge < -0.3 is 24.4 Å². The van der Waals surface area contributed by atoms with Crippen molar-refractivity contribution in [3.8, 4) is 0 Å². The average molecular weight is 382 g/mol. The van der Waals surface area contributed by atoms with E-state index in [2.05, 4.69) is 0 Å². The van der Waals surface area contributed by atoms with Crippen molar-refractivity contribution in [3.63, 3.8) is 0 Å². The van der Waals surface area contributed by atoms with Crippen LogP contribution in [0.1, 0.15) is 58.3 Å². The molecule has 0 spiro atoms. The van der Waals surface area contributed by atoms with Crippen LogP contribution in [-0.4, -0.2) is 53.4 Å². The predicted molar refractivity (Wildman–Crippen MR) is 93.7 cm³/mol. The quantitative estimate of drug-likeness (QED) is 0.678. The molecule has 27 heavy (non-hydrogen) atoms.